The maximum Gasteiger partial charge on any atom is 0.238 e. The van der Waals surface area contributed by atoms with E-state index in [0.29, 0.717) is 22.6 Å². The lowest BCUT2D eigenvalue weighted by atomic mass is 10.0. The van der Waals surface area contributed by atoms with Gasteiger partial charge in [0.1, 0.15) is 10.8 Å². The minimum Gasteiger partial charge on any atom is -0.437 e. The molecule has 156 valence electrons. The number of carbonyl (C=O) groups is 2. The lowest BCUT2D eigenvalue weighted by molar-refractivity contribution is 0.0990. The Kier molecular flexibility index (Phi) is 3.86. The minimum absolute atomic E-state index is 0.131. The summed E-state index contributed by atoms with van der Waals surface area (Å²) in [5.41, 5.74) is 1.54. The number of aromatic nitrogens is 1. The molecule has 0 spiro atoms. The van der Waals surface area contributed by atoms with Crippen molar-refractivity contribution in [2.75, 3.05) is 0 Å². The van der Waals surface area contributed by atoms with Gasteiger partial charge in [0.15, 0.2) is 11.6 Å². The van der Waals surface area contributed by atoms with Crippen LogP contribution < -0.4 is 0 Å². The number of thiazole rings is 1. The van der Waals surface area contributed by atoms with Crippen LogP contribution in [-0.2, 0) is 0 Å². The SMILES string of the molecule is O=C1C(=Cc2cc3sc(-c4cc5ccccc5s4)nc3o2)C(=O)c2cc3ccccc3cc21. The summed E-state index contributed by atoms with van der Waals surface area (Å²) in [5, 5.41) is 3.97. The fraction of sp³-hybridized carbons (Fsp3) is 0. The van der Waals surface area contributed by atoms with Gasteiger partial charge in [0.2, 0.25) is 5.71 Å². The molecule has 1 aliphatic rings. The van der Waals surface area contributed by atoms with Gasteiger partial charge >= 0.3 is 0 Å². The first-order valence-electron chi connectivity index (χ1n) is 10.4. The Bertz CT molecular complexity index is 1690. The molecule has 0 radical (unpaired) electrons. The fourth-order valence-electron chi connectivity index (χ4n) is 4.30. The molecule has 4 nitrogen and oxygen atoms in total. The highest BCUT2D eigenvalue weighted by atomic mass is 32.1. The van der Waals surface area contributed by atoms with Crippen molar-refractivity contribution in [2.45, 2.75) is 0 Å². The molecule has 0 N–H and O–H groups in total. The van der Waals surface area contributed by atoms with Gasteiger partial charge in [-0.2, -0.15) is 4.98 Å². The van der Waals surface area contributed by atoms with Gasteiger partial charge in [-0.1, -0.05) is 42.5 Å². The van der Waals surface area contributed by atoms with Crippen LogP contribution in [-0.4, -0.2) is 16.6 Å². The first-order valence-corrected chi connectivity index (χ1v) is 12.0. The molecule has 0 saturated heterocycles. The molecule has 0 saturated carbocycles. The second kappa shape index (κ2) is 6.81. The van der Waals surface area contributed by atoms with E-state index in [2.05, 4.69) is 23.2 Å². The van der Waals surface area contributed by atoms with Crippen LogP contribution in [0.25, 0.3) is 47.2 Å². The molecule has 0 bridgehead atoms. The summed E-state index contributed by atoms with van der Waals surface area (Å²) in [6.45, 7) is 0. The largest absolute Gasteiger partial charge is 0.437 e. The van der Waals surface area contributed by atoms with Crippen LogP contribution >= 0.6 is 22.7 Å². The molecular weight excluding hydrogens is 450 g/mol. The fourth-order valence-corrected chi connectivity index (χ4v) is 6.34. The first-order chi connectivity index (χ1) is 16.1. The number of thiophene rings is 1. The average Bonchev–Trinajstić information content (AvgIpc) is 3.57. The summed E-state index contributed by atoms with van der Waals surface area (Å²) in [6.07, 6.45) is 1.54. The number of nitrogens with zero attached hydrogens (tertiary/aromatic N) is 1. The third kappa shape index (κ3) is 2.85. The maximum absolute atomic E-state index is 13.0. The summed E-state index contributed by atoms with van der Waals surface area (Å²) < 4.78 is 8.00. The molecule has 1 aliphatic carbocycles. The van der Waals surface area contributed by atoms with E-state index in [1.165, 1.54) is 10.1 Å². The van der Waals surface area contributed by atoms with Crippen LogP contribution in [0.15, 0.2) is 82.8 Å². The van der Waals surface area contributed by atoms with Crippen molar-refractivity contribution in [3.8, 4) is 9.88 Å². The molecule has 3 heterocycles. The molecule has 7 rings (SSSR count). The number of allylic oxidation sites excluding steroid dienone is 1. The predicted octanol–water partition coefficient (Wildman–Crippen LogP) is 7.39. The predicted molar refractivity (Wildman–Crippen MR) is 133 cm³/mol. The van der Waals surface area contributed by atoms with Gasteiger partial charge in [-0.05, 0) is 46.5 Å². The van der Waals surface area contributed by atoms with Crippen molar-refractivity contribution in [3.63, 3.8) is 0 Å². The Hall–Kier alpha value is -3.87. The van der Waals surface area contributed by atoms with Gasteiger partial charge in [-0.3, -0.25) is 9.59 Å². The van der Waals surface area contributed by atoms with Crippen LogP contribution in [0.5, 0.6) is 0 Å². The number of Topliss-reactive ketones (excluding diaryl/α,β-unsaturated/α-hetero) is 2. The van der Waals surface area contributed by atoms with E-state index in [1.807, 2.05) is 42.5 Å². The van der Waals surface area contributed by atoms with Gasteiger partial charge in [0.25, 0.3) is 0 Å². The Balaban J connectivity index is 1.26. The van der Waals surface area contributed by atoms with Gasteiger partial charge < -0.3 is 4.42 Å². The molecule has 6 heteroatoms. The van der Waals surface area contributed by atoms with Crippen molar-refractivity contribution in [3.05, 3.63) is 95.3 Å². The number of carbonyl (C=O) groups excluding carboxylic acids is 2. The highest BCUT2D eigenvalue weighted by Crippen LogP contribution is 2.39. The van der Waals surface area contributed by atoms with Crippen molar-refractivity contribution in [2.24, 2.45) is 0 Å². The molecular formula is C27H13NO3S2. The molecule has 3 aromatic heterocycles. The first kappa shape index (κ1) is 18.7. The van der Waals surface area contributed by atoms with Gasteiger partial charge in [0.05, 0.1) is 15.2 Å². The topological polar surface area (TPSA) is 60.2 Å². The summed E-state index contributed by atoms with van der Waals surface area (Å²) in [4.78, 5) is 31.7. The molecule has 0 aliphatic heterocycles. The van der Waals surface area contributed by atoms with Crippen molar-refractivity contribution in [1.29, 1.82) is 0 Å². The quantitative estimate of drug-likeness (QED) is 0.198. The van der Waals surface area contributed by atoms with E-state index in [9.17, 15) is 9.59 Å². The van der Waals surface area contributed by atoms with Gasteiger partial charge in [0, 0.05) is 21.9 Å². The molecule has 0 fully saturated rings. The number of benzene rings is 3. The molecule has 0 unspecified atom stereocenters. The number of fused-ring (bicyclic) bond motifs is 4. The number of hydrogen-bond acceptors (Lipinski definition) is 6. The van der Waals surface area contributed by atoms with E-state index < -0.39 is 0 Å². The van der Waals surface area contributed by atoms with E-state index in [0.717, 1.165) is 25.4 Å². The van der Waals surface area contributed by atoms with E-state index in [4.69, 9.17) is 4.42 Å². The minimum atomic E-state index is -0.264. The number of ketones is 2. The second-order valence-electron chi connectivity index (χ2n) is 7.95. The standard InChI is InChI=1S/C27H13NO3S2/c29-24-18-9-14-5-1-2-6-15(14)10-19(18)25(30)20(24)12-17-13-22-26(31-17)28-27(33-22)23-11-16-7-3-4-8-21(16)32-23/h1-13H. The Labute approximate surface area is 195 Å². The number of furan rings is 1. The van der Waals surface area contributed by atoms with Gasteiger partial charge in [-0.25, -0.2) is 0 Å². The summed E-state index contributed by atoms with van der Waals surface area (Å²) in [6, 6.07) is 23.5. The zero-order chi connectivity index (χ0) is 22.1. The van der Waals surface area contributed by atoms with Crippen LogP contribution in [0, 0.1) is 0 Å². The average molecular weight is 464 g/mol. The zero-order valence-corrected chi connectivity index (χ0v) is 18.6. The third-order valence-electron chi connectivity index (χ3n) is 5.90. The number of hydrogen-bond donors (Lipinski definition) is 0. The number of rotatable bonds is 2. The van der Waals surface area contributed by atoms with Crippen molar-refractivity contribution >= 4 is 71.6 Å². The monoisotopic (exact) mass is 463 g/mol. The van der Waals surface area contributed by atoms with Crippen LogP contribution in [0.1, 0.15) is 26.5 Å². The van der Waals surface area contributed by atoms with Gasteiger partial charge in [-0.15, -0.1) is 22.7 Å². The Morgan fingerprint density at radius 3 is 2.06 bits per heavy atom. The zero-order valence-electron chi connectivity index (χ0n) is 17.0. The van der Waals surface area contributed by atoms with Crippen LogP contribution in [0.4, 0.5) is 0 Å². The molecule has 6 aromatic rings. The highest BCUT2D eigenvalue weighted by molar-refractivity contribution is 7.28. The van der Waals surface area contributed by atoms with Crippen molar-refractivity contribution < 1.29 is 14.0 Å². The Morgan fingerprint density at radius 2 is 1.39 bits per heavy atom. The highest BCUT2D eigenvalue weighted by Gasteiger charge is 2.33. The van der Waals surface area contributed by atoms with Crippen LogP contribution in [0.3, 0.4) is 0 Å². The molecule has 0 amide bonds. The second-order valence-corrected chi connectivity index (χ2v) is 10.1. The van der Waals surface area contributed by atoms with E-state index in [1.54, 1.807) is 40.9 Å². The Morgan fingerprint density at radius 1 is 0.727 bits per heavy atom. The maximum atomic E-state index is 13.0. The lowest BCUT2D eigenvalue weighted by Gasteiger charge is -2.00. The molecule has 33 heavy (non-hydrogen) atoms. The molecule has 0 atom stereocenters. The van der Waals surface area contributed by atoms with E-state index >= 15 is 0 Å². The van der Waals surface area contributed by atoms with Crippen molar-refractivity contribution in [1.82, 2.24) is 4.98 Å². The van der Waals surface area contributed by atoms with Crippen LogP contribution in [0.2, 0.25) is 0 Å². The van der Waals surface area contributed by atoms with E-state index in [-0.39, 0.29) is 17.1 Å². The third-order valence-corrected chi connectivity index (χ3v) is 8.16. The molecule has 3 aromatic carbocycles. The normalized spacial score (nSPS) is 13.5. The smallest absolute Gasteiger partial charge is 0.238 e. The summed E-state index contributed by atoms with van der Waals surface area (Å²) in [5.74, 6) is -0.0698. The lowest BCUT2D eigenvalue weighted by Crippen LogP contribution is -1.99. The summed E-state index contributed by atoms with van der Waals surface area (Å²) in [7, 11) is 0. The summed E-state index contributed by atoms with van der Waals surface area (Å²) >= 11 is 3.24.